The molecule has 0 atom stereocenters. The molecule has 4 amide bonds. The van der Waals surface area contributed by atoms with Gasteiger partial charge in [-0.15, -0.1) is 0 Å². The Hall–Kier alpha value is -4.13. The van der Waals surface area contributed by atoms with Gasteiger partial charge >= 0.3 is 17.9 Å². The van der Waals surface area contributed by atoms with Crippen LogP contribution in [0.5, 0.6) is 11.5 Å². The first-order chi connectivity index (χ1) is 18.3. The minimum Gasteiger partial charge on any atom is -0.447 e. The molecule has 0 bridgehead atoms. The van der Waals surface area contributed by atoms with Gasteiger partial charge < -0.3 is 4.74 Å². The van der Waals surface area contributed by atoms with Crippen LogP contribution in [0, 0.1) is 10.1 Å². The summed E-state index contributed by atoms with van der Waals surface area (Å²) in [5, 5.41) is 13.1. The Labute approximate surface area is 231 Å². The number of halogens is 6. The van der Waals surface area contributed by atoms with Gasteiger partial charge in [-0.2, -0.15) is 13.2 Å². The van der Waals surface area contributed by atoms with Crippen molar-refractivity contribution in [3.8, 4) is 11.5 Å². The molecule has 39 heavy (non-hydrogen) atoms. The molecular weight excluding hydrogens is 590 g/mol. The van der Waals surface area contributed by atoms with Crippen LogP contribution in [-0.2, 0) is 15.8 Å². The Balaban J connectivity index is 1.69. The predicted molar refractivity (Wildman–Crippen MR) is 135 cm³/mol. The maximum absolute atomic E-state index is 13.0. The molecule has 0 radical (unpaired) electrons. The number of ether oxygens (including phenoxy) is 1. The number of carbonyl (C=O) groups is 3. The zero-order valence-corrected chi connectivity index (χ0v) is 21.2. The number of hydrogen-bond donors (Lipinski definition) is 1. The maximum Gasteiger partial charge on any atom is 0.416 e. The molecule has 9 nitrogen and oxygen atoms in total. The number of imide groups is 2. The van der Waals surface area contributed by atoms with Crippen LogP contribution in [0.15, 0.2) is 60.2 Å². The Morgan fingerprint density at radius 2 is 1.64 bits per heavy atom. The highest BCUT2D eigenvalue weighted by molar-refractivity contribution is 6.40. The van der Waals surface area contributed by atoms with Crippen molar-refractivity contribution in [1.29, 1.82) is 0 Å². The minimum atomic E-state index is -4.83. The summed E-state index contributed by atoms with van der Waals surface area (Å²) in [6.07, 6.45) is -3.74. The van der Waals surface area contributed by atoms with Gasteiger partial charge in [0.25, 0.3) is 11.8 Å². The second-order valence-corrected chi connectivity index (χ2v) is 9.04. The molecule has 1 fully saturated rings. The largest absolute Gasteiger partial charge is 0.447 e. The fraction of sp³-hybridized carbons (Fsp3) is 0.0417. The third-order valence-corrected chi connectivity index (χ3v) is 5.99. The highest BCUT2D eigenvalue weighted by Gasteiger charge is 2.37. The van der Waals surface area contributed by atoms with Crippen LogP contribution in [0.2, 0.25) is 15.1 Å². The van der Waals surface area contributed by atoms with Gasteiger partial charge in [0.1, 0.15) is 5.57 Å². The number of benzene rings is 3. The fourth-order valence-electron chi connectivity index (χ4n) is 3.47. The number of carbonyl (C=O) groups excluding carboxylic acids is 3. The average Bonchev–Trinajstić information content (AvgIpc) is 2.83. The number of hydrogen-bond acceptors (Lipinski definition) is 6. The maximum atomic E-state index is 13.0. The van der Waals surface area contributed by atoms with Crippen LogP contribution in [0.3, 0.4) is 0 Å². The molecule has 1 heterocycles. The van der Waals surface area contributed by atoms with Gasteiger partial charge in [-0.1, -0.05) is 40.9 Å². The van der Waals surface area contributed by atoms with Gasteiger partial charge in [0.05, 0.1) is 26.2 Å². The van der Waals surface area contributed by atoms with Crippen molar-refractivity contribution in [3.05, 3.63) is 96.5 Å². The molecule has 1 aliphatic heterocycles. The molecule has 3 aromatic rings. The lowest BCUT2D eigenvalue weighted by molar-refractivity contribution is -0.385. The van der Waals surface area contributed by atoms with Crippen LogP contribution in [0.25, 0.3) is 6.08 Å². The summed E-state index contributed by atoms with van der Waals surface area (Å²) in [6.45, 7) is 0. The Kier molecular flexibility index (Phi) is 7.55. The van der Waals surface area contributed by atoms with Crippen molar-refractivity contribution in [2.75, 3.05) is 4.90 Å². The summed E-state index contributed by atoms with van der Waals surface area (Å²) in [4.78, 5) is 48.8. The van der Waals surface area contributed by atoms with Crippen molar-refractivity contribution < 1.29 is 37.2 Å². The number of alkyl halides is 3. The van der Waals surface area contributed by atoms with Crippen LogP contribution in [0.1, 0.15) is 11.1 Å². The number of amides is 4. The average molecular weight is 601 g/mol. The van der Waals surface area contributed by atoms with Gasteiger partial charge in [-0.25, -0.2) is 9.69 Å². The summed E-state index contributed by atoms with van der Waals surface area (Å²) in [7, 11) is 0. The molecule has 0 spiro atoms. The summed E-state index contributed by atoms with van der Waals surface area (Å²) < 4.78 is 44.3. The minimum absolute atomic E-state index is 0.0955. The molecule has 0 unspecified atom stereocenters. The third-order valence-electron chi connectivity index (χ3n) is 5.19. The van der Waals surface area contributed by atoms with E-state index < -0.39 is 51.5 Å². The number of urea groups is 1. The van der Waals surface area contributed by atoms with E-state index in [4.69, 9.17) is 39.5 Å². The van der Waals surface area contributed by atoms with E-state index in [2.05, 4.69) is 0 Å². The van der Waals surface area contributed by atoms with E-state index in [0.717, 1.165) is 12.1 Å². The highest BCUT2D eigenvalue weighted by Crippen LogP contribution is 2.42. The van der Waals surface area contributed by atoms with E-state index in [0.29, 0.717) is 17.0 Å². The number of nitrogens with zero attached hydrogens (tertiary/aromatic N) is 2. The molecule has 1 saturated heterocycles. The first-order valence-electron chi connectivity index (χ1n) is 10.5. The van der Waals surface area contributed by atoms with Crippen LogP contribution >= 0.6 is 34.8 Å². The van der Waals surface area contributed by atoms with Crippen molar-refractivity contribution in [1.82, 2.24) is 5.32 Å². The zero-order chi connectivity index (χ0) is 28.6. The van der Waals surface area contributed by atoms with Crippen LogP contribution in [-0.4, -0.2) is 22.8 Å². The summed E-state index contributed by atoms with van der Waals surface area (Å²) in [5.41, 5.74) is -2.52. The number of nitro benzene ring substituents is 1. The van der Waals surface area contributed by atoms with Crippen LogP contribution < -0.4 is 15.0 Å². The predicted octanol–water partition coefficient (Wildman–Crippen LogP) is 7.03. The lowest BCUT2D eigenvalue weighted by Crippen LogP contribution is -2.54. The van der Waals surface area contributed by atoms with E-state index in [1.807, 2.05) is 5.32 Å². The molecule has 4 rings (SSSR count). The lowest BCUT2D eigenvalue weighted by Gasteiger charge is -2.26. The van der Waals surface area contributed by atoms with E-state index >= 15 is 0 Å². The molecule has 200 valence electrons. The smallest absolute Gasteiger partial charge is 0.416 e. The quantitative estimate of drug-likeness (QED) is 0.145. The Bertz CT molecular complexity index is 1570. The van der Waals surface area contributed by atoms with Crippen molar-refractivity contribution in [3.63, 3.8) is 0 Å². The molecule has 0 saturated carbocycles. The van der Waals surface area contributed by atoms with Gasteiger partial charge in [-0.3, -0.25) is 25.0 Å². The standard InChI is InChI=1S/C24H11Cl3F3N3O6/c25-13-2-1-3-14(10-13)32-22(35)15(21(34)31-23(32)36)6-11-7-16(26)20(17(27)8-11)39-19-5-4-12(24(28,29)30)9-18(19)33(37)38/h1-10H,(H,31,34,36)/b15-6+. The third kappa shape index (κ3) is 5.82. The molecular formula is C24H11Cl3F3N3O6. The Morgan fingerprint density at radius 1 is 0.974 bits per heavy atom. The summed E-state index contributed by atoms with van der Waals surface area (Å²) in [5.74, 6) is -2.88. The first kappa shape index (κ1) is 27.9. The fourth-order valence-corrected chi connectivity index (χ4v) is 4.23. The molecule has 0 aromatic heterocycles. The topological polar surface area (TPSA) is 119 Å². The highest BCUT2D eigenvalue weighted by atomic mass is 35.5. The van der Waals surface area contributed by atoms with Crippen molar-refractivity contribution in [2.45, 2.75) is 6.18 Å². The number of nitrogens with one attached hydrogen (secondary N) is 1. The summed E-state index contributed by atoms with van der Waals surface area (Å²) in [6, 6.07) is 8.80. The monoisotopic (exact) mass is 599 g/mol. The van der Waals surface area contributed by atoms with Gasteiger partial charge in [0.2, 0.25) is 5.75 Å². The van der Waals surface area contributed by atoms with E-state index in [1.165, 1.54) is 36.4 Å². The lowest BCUT2D eigenvalue weighted by atomic mass is 10.1. The zero-order valence-electron chi connectivity index (χ0n) is 18.9. The van der Waals surface area contributed by atoms with Gasteiger partial charge in [-0.05, 0) is 54.1 Å². The molecule has 1 aliphatic rings. The van der Waals surface area contributed by atoms with Gasteiger partial charge in [0, 0.05) is 11.1 Å². The number of barbiturate groups is 1. The van der Waals surface area contributed by atoms with Crippen LogP contribution in [0.4, 0.5) is 29.3 Å². The first-order valence-corrected chi connectivity index (χ1v) is 11.6. The summed E-state index contributed by atoms with van der Waals surface area (Å²) >= 11 is 18.4. The Morgan fingerprint density at radius 3 is 2.23 bits per heavy atom. The van der Waals surface area contributed by atoms with Crippen molar-refractivity contribution >= 4 is 70.1 Å². The van der Waals surface area contributed by atoms with E-state index in [1.54, 1.807) is 0 Å². The number of nitro groups is 1. The molecule has 1 N–H and O–H groups in total. The second-order valence-electron chi connectivity index (χ2n) is 7.79. The second kappa shape index (κ2) is 10.6. The van der Waals surface area contributed by atoms with E-state index in [9.17, 15) is 37.7 Å². The number of rotatable bonds is 5. The van der Waals surface area contributed by atoms with E-state index in [-0.39, 0.29) is 32.1 Å². The normalized spacial score (nSPS) is 15.0. The molecule has 3 aromatic carbocycles. The molecule has 0 aliphatic carbocycles. The molecule has 15 heteroatoms. The van der Waals surface area contributed by atoms with Crippen molar-refractivity contribution in [2.24, 2.45) is 0 Å². The number of anilines is 1. The SMILES string of the molecule is O=C1NC(=O)N(c2cccc(Cl)c2)C(=O)/C1=C/c1cc(Cl)c(Oc2ccc(C(F)(F)F)cc2[N+](=O)[O-])c(Cl)c1. The van der Waals surface area contributed by atoms with Gasteiger partial charge in [0.15, 0.2) is 5.75 Å².